The standard InChI is InChI=1S/C20H22ClF4N3O2/c1-12-18(21)19(20(23,24)25)26-28(12)10-17(30)27-8-6-14(7-9-27)16(11-29)13-2-4-15(22)5-3-13/h2-5,14,16,29H,6-11H2,1H3. The van der Waals surface area contributed by atoms with Gasteiger partial charge in [0, 0.05) is 19.0 Å². The number of benzene rings is 1. The van der Waals surface area contributed by atoms with Gasteiger partial charge in [0.15, 0.2) is 5.69 Å². The number of hydrogen-bond acceptors (Lipinski definition) is 3. The van der Waals surface area contributed by atoms with Crippen LogP contribution < -0.4 is 0 Å². The van der Waals surface area contributed by atoms with Crippen molar-refractivity contribution >= 4 is 17.5 Å². The minimum atomic E-state index is -4.69. The summed E-state index contributed by atoms with van der Waals surface area (Å²) in [6, 6.07) is 6.00. The van der Waals surface area contributed by atoms with Crippen LogP contribution in [0.5, 0.6) is 0 Å². The Bertz CT molecular complexity index is 891. The Morgan fingerprint density at radius 2 is 1.87 bits per heavy atom. The van der Waals surface area contributed by atoms with E-state index in [1.165, 1.54) is 19.1 Å². The molecule has 0 spiro atoms. The molecule has 5 nitrogen and oxygen atoms in total. The van der Waals surface area contributed by atoms with E-state index >= 15 is 0 Å². The van der Waals surface area contributed by atoms with Crippen molar-refractivity contribution in [2.75, 3.05) is 19.7 Å². The van der Waals surface area contributed by atoms with Crippen LogP contribution in [0.15, 0.2) is 24.3 Å². The molecule has 2 heterocycles. The van der Waals surface area contributed by atoms with E-state index in [9.17, 15) is 27.5 Å². The van der Waals surface area contributed by atoms with Crippen LogP contribution >= 0.6 is 11.6 Å². The van der Waals surface area contributed by atoms with Gasteiger partial charge in [0.2, 0.25) is 5.91 Å². The van der Waals surface area contributed by atoms with Crippen LogP contribution in [0, 0.1) is 18.7 Å². The van der Waals surface area contributed by atoms with Gasteiger partial charge in [-0.1, -0.05) is 23.7 Å². The Balaban J connectivity index is 1.62. The first kappa shape index (κ1) is 22.6. The Labute approximate surface area is 176 Å². The molecule has 3 rings (SSSR count). The minimum Gasteiger partial charge on any atom is -0.396 e. The van der Waals surface area contributed by atoms with E-state index in [-0.39, 0.29) is 42.4 Å². The molecule has 1 saturated heterocycles. The fourth-order valence-corrected chi connectivity index (χ4v) is 4.12. The molecule has 10 heteroatoms. The Kier molecular flexibility index (Phi) is 6.71. The van der Waals surface area contributed by atoms with Gasteiger partial charge >= 0.3 is 6.18 Å². The molecule has 1 aliphatic rings. The lowest BCUT2D eigenvalue weighted by Gasteiger charge is -2.35. The van der Waals surface area contributed by atoms with Crippen LogP contribution in [-0.4, -0.2) is 45.4 Å². The average Bonchev–Trinajstić information content (AvgIpc) is 2.99. The first-order chi connectivity index (χ1) is 14.1. The van der Waals surface area contributed by atoms with Crippen molar-refractivity contribution in [2.24, 2.45) is 5.92 Å². The van der Waals surface area contributed by atoms with E-state index in [4.69, 9.17) is 11.6 Å². The highest BCUT2D eigenvalue weighted by Crippen LogP contribution is 2.36. The number of carbonyl (C=O) groups excluding carboxylic acids is 1. The number of alkyl halides is 3. The molecule has 164 valence electrons. The number of amides is 1. The highest BCUT2D eigenvalue weighted by atomic mass is 35.5. The van der Waals surface area contributed by atoms with Gasteiger partial charge in [-0.15, -0.1) is 0 Å². The van der Waals surface area contributed by atoms with Crippen molar-refractivity contribution in [2.45, 2.75) is 38.4 Å². The number of nitrogens with zero attached hydrogens (tertiary/aromatic N) is 3. The van der Waals surface area contributed by atoms with E-state index in [0.29, 0.717) is 25.9 Å². The molecule has 1 N–H and O–H groups in total. The summed E-state index contributed by atoms with van der Waals surface area (Å²) in [4.78, 5) is 14.2. The smallest absolute Gasteiger partial charge is 0.396 e. The second-order valence-corrected chi connectivity index (χ2v) is 7.84. The number of halogens is 5. The van der Waals surface area contributed by atoms with Crippen molar-refractivity contribution < 1.29 is 27.5 Å². The van der Waals surface area contributed by atoms with Crippen LogP contribution in [0.1, 0.15) is 35.7 Å². The maximum atomic E-state index is 13.2. The summed E-state index contributed by atoms with van der Waals surface area (Å²) in [5.74, 6) is -0.739. The Hall–Kier alpha value is -2.13. The summed E-state index contributed by atoms with van der Waals surface area (Å²) in [5.41, 5.74) is -0.271. The van der Waals surface area contributed by atoms with Gasteiger partial charge in [-0.3, -0.25) is 9.48 Å². The molecule has 0 bridgehead atoms. The first-order valence-electron chi connectivity index (χ1n) is 9.56. The molecule has 1 atom stereocenters. The zero-order chi connectivity index (χ0) is 22.1. The normalized spacial score (nSPS) is 16.7. The van der Waals surface area contributed by atoms with Crippen LogP contribution in [-0.2, 0) is 17.5 Å². The molecule has 30 heavy (non-hydrogen) atoms. The van der Waals surface area contributed by atoms with Gasteiger partial charge in [0.1, 0.15) is 12.4 Å². The van der Waals surface area contributed by atoms with E-state index < -0.39 is 16.9 Å². The first-order valence-corrected chi connectivity index (χ1v) is 9.93. The quantitative estimate of drug-likeness (QED) is 0.704. The lowest BCUT2D eigenvalue weighted by atomic mass is 9.80. The average molecular weight is 448 g/mol. The van der Waals surface area contributed by atoms with E-state index in [1.54, 1.807) is 17.0 Å². The predicted molar refractivity (Wildman–Crippen MR) is 103 cm³/mol. The molecule has 1 fully saturated rings. The molecule has 1 aromatic carbocycles. The zero-order valence-corrected chi connectivity index (χ0v) is 17.0. The second-order valence-electron chi connectivity index (χ2n) is 7.46. The fourth-order valence-electron chi connectivity index (χ4n) is 3.88. The lowest BCUT2D eigenvalue weighted by molar-refractivity contribution is -0.142. The van der Waals surface area contributed by atoms with Crippen molar-refractivity contribution in [3.05, 3.63) is 52.1 Å². The molecule has 1 unspecified atom stereocenters. The van der Waals surface area contributed by atoms with Gasteiger partial charge in [-0.2, -0.15) is 18.3 Å². The summed E-state index contributed by atoms with van der Waals surface area (Å²) >= 11 is 5.73. The highest BCUT2D eigenvalue weighted by molar-refractivity contribution is 6.32. The molecular weight excluding hydrogens is 426 g/mol. The third-order valence-corrected chi connectivity index (χ3v) is 6.10. The van der Waals surface area contributed by atoms with Gasteiger partial charge < -0.3 is 10.0 Å². The Morgan fingerprint density at radius 3 is 2.37 bits per heavy atom. The maximum absolute atomic E-state index is 13.2. The summed E-state index contributed by atoms with van der Waals surface area (Å²) in [6.45, 7) is 1.81. The summed E-state index contributed by atoms with van der Waals surface area (Å²) in [5, 5.41) is 12.8. The third-order valence-electron chi connectivity index (χ3n) is 5.64. The monoisotopic (exact) mass is 447 g/mol. The lowest BCUT2D eigenvalue weighted by Crippen LogP contribution is -2.42. The molecule has 0 saturated carbocycles. The molecule has 1 amide bonds. The number of likely N-dealkylation sites (tertiary alicyclic amines) is 1. The van der Waals surface area contributed by atoms with Crippen molar-refractivity contribution in [1.29, 1.82) is 0 Å². The summed E-state index contributed by atoms with van der Waals surface area (Å²) < 4.78 is 53.0. The largest absolute Gasteiger partial charge is 0.436 e. The highest BCUT2D eigenvalue weighted by Gasteiger charge is 2.38. The number of aliphatic hydroxyl groups excluding tert-OH is 1. The molecule has 1 aliphatic heterocycles. The van der Waals surface area contributed by atoms with Gasteiger partial charge in [-0.25, -0.2) is 4.39 Å². The number of aromatic nitrogens is 2. The minimum absolute atomic E-state index is 0.0869. The van der Waals surface area contributed by atoms with Crippen LogP contribution in [0.25, 0.3) is 0 Å². The summed E-state index contributed by atoms with van der Waals surface area (Å²) in [6.07, 6.45) is -3.43. The van der Waals surface area contributed by atoms with Crippen molar-refractivity contribution in [1.82, 2.24) is 14.7 Å². The molecular formula is C20H22ClF4N3O2. The number of hydrogen-bond donors (Lipinski definition) is 1. The predicted octanol–water partition coefficient (Wildman–Crippen LogP) is 4.02. The zero-order valence-electron chi connectivity index (χ0n) is 16.3. The third kappa shape index (κ3) is 4.78. The Morgan fingerprint density at radius 1 is 1.27 bits per heavy atom. The van der Waals surface area contributed by atoms with E-state index in [2.05, 4.69) is 5.10 Å². The van der Waals surface area contributed by atoms with Crippen LogP contribution in [0.4, 0.5) is 17.6 Å². The maximum Gasteiger partial charge on any atom is 0.436 e. The van der Waals surface area contributed by atoms with Crippen molar-refractivity contribution in [3.8, 4) is 0 Å². The van der Waals surface area contributed by atoms with E-state index in [1.807, 2.05) is 0 Å². The number of carbonyl (C=O) groups is 1. The number of aliphatic hydroxyl groups is 1. The summed E-state index contributed by atoms with van der Waals surface area (Å²) in [7, 11) is 0. The molecule has 0 aliphatic carbocycles. The SMILES string of the molecule is Cc1c(Cl)c(C(F)(F)F)nn1CC(=O)N1CCC(C(CO)c2ccc(F)cc2)CC1. The molecule has 1 aromatic heterocycles. The van der Waals surface area contributed by atoms with Crippen LogP contribution in [0.3, 0.4) is 0 Å². The van der Waals surface area contributed by atoms with Crippen molar-refractivity contribution in [3.63, 3.8) is 0 Å². The molecule has 2 aromatic rings. The van der Waals surface area contributed by atoms with Gasteiger partial charge in [-0.05, 0) is 43.4 Å². The molecule has 0 radical (unpaired) electrons. The van der Waals surface area contributed by atoms with Gasteiger partial charge in [0.25, 0.3) is 0 Å². The fraction of sp³-hybridized carbons (Fsp3) is 0.500. The second kappa shape index (κ2) is 8.93. The number of piperidine rings is 1. The topological polar surface area (TPSA) is 58.4 Å². The van der Waals surface area contributed by atoms with Gasteiger partial charge in [0.05, 0.1) is 17.3 Å². The van der Waals surface area contributed by atoms with Crippen LogP contribution in [0.2, 0.25) is 5.02 Å². The number of rotatable bonds is 5. The van der Waals surface area contributed by atoms with E-state index in [0.717, 1.165) is 10.2 Å².